The van der Waals surface area contributed by atoms with E-state index in [4.69, 9.17) is 5.11 Å². The first-order valence-corrected chi connectivity index (χ1v) is 6.72. The summed E-state index contributed by atoms with van der Waals surface area (Å²) >= 11 is 0. The van der Waals surface area contributed by atoms with E-state index in [1.54, 1.807) is 0 Å². The number of hydrogen-bond donors (Lipinski definition) is 2. The van der Waals surface area contributed by atoms with Crippen molar-refractivity contribution in [1.29, 1.82) is 0 Å². The predicted molar refractivity (Wildman–Crippen MR) is 59.2 cm³/mol. The van der Waals surface area contributed by atoms with Crippen LogP contribution in [0.5, 0.6) is 0 Å². The summed E-state index contributed by atoms with van der Waals surface area (Å²) in [7, 11) is -3.26. The normalized spacial score (nSPS) is 17.7. The first kappa shape index (κ1) is 12.1. The summed E-state index contributed by atoms with van der Waals surface area (Å²) in [4.78, 5) is 10.7. The molecule has 6 heteroatoms. The fourth-order valence-electron chi connectivity index (χ4n) is 1.55. The minimum atomic E-state index is -3.26. The van der Waals surface area contributed by atoms with Crippen molar-refractivity contribution in [2.24, 2.45) is 0 Å². The molecule has 0 spiro atoms. The zero-order chi connectivity index (χ0) is 12.6. The standard InChI is InChI=1S/C11H12O5S/c12-10(11(13)14)7-1-3-8(4-2-7)17(15,16)9-5-6-9/h1-4,9-10,12H,5-6H2,(H,13,14). The maximum absolute atomic E-state index is 11.8. The van der Waals surface area contributed by atoms with Gasteiger partial charge >= 0.3 is 5.97 Å². The molecule has 0 heterocycles. The molecular formula is C11H12O5S. The fraction of sp³-hybridized carbons (Fsp3) is 0.364. The van der Waals surface area contributed by atoms with Crippen molar-refractivity contribution >= 4 is 15.8 Å². The van der Waals surface area contributed by atoms with Crippen molar-refractivity contribution in [2.75, 3.05) is 0 Å². The Labute approximate surface area is 98.6 Å². The van der Waals surface area contributed by atoms with Gasteiger partial charge in [0, 0.05) is 0 Å². The maximum Gasteiger partial charge on any atom is 0.337 e. The summed E-state index contributed by atoms with van der Waals surface area (Å²) in [6.45, 7) is 0. The molecular weight excluding hydrogens is 244 g/mol. The summed E-state index contributed by atoms with van der Waals surface area (Å²) in [5, 5.41) is 17.6. The number of benzene rings is 1. The van der Waals surface area contributed by atoms with Gasteiger partial charge in [0.1, 0.15) is 0 Å². The van der Waals surface area contributed by atoms with Gasteiger partial charge in [0.25, 0.3) is 0 Å². The van der Waals surface area contributed by atoms with Gasteiger partial charge in [0.05, 0.1) is 10.1 Å². The second kappa shape index (κ2) is 4.12. The Bertz CT molecular complexity index is 527. The topological polar surface area (TPSA) is 91.7 Å². The third kappa shape index (κ3) is 2.32. The molecule has 1 aliphatic carbocycles. The van der Waals surface area contributed by atoms with Crippen molar-refractivity contribution in [1.82, 2.24) is 0 Å². The molecule has 2 rings (SSSR count). The summed E-state index contributed by atoms with van der Waals surface area (Å²) in [5.74, 6) is -1.36. The molecule has 1 atom stereocenters. The number of carboxylic acids is 1. The predicted octanol–water partition coefficient (Wildman–Crippen LogP) is 0.741. The molecule has 1 fully saturated rings. The Morgan fingerprint density at radius 3 is 2.18 bits per heavy atom. The smallest absolute Gasteiger partial charge is 0.337 e. The highest BCUT2D eigenvalue weighted by molar-refractivity contribution is 7.92. The van der Waals surface area contributed by atoms with Crippen LogP contribution in [0.25, 0.3) is 0 Å². The van der Waals surface area contributed by atoms with E-state index in [9.17, 15) is 18.3 Å². The van der Waals surface area contributed by atoms with Crippen LogP contribution in [0.2, 0.25) is 0 Å². The van der Waals surface area contributed by atoms with E-state index in [2.05, 4.69) is 0 Å². The molecule has 0 saturated heterocycles. The second-order valence-corrected chi connectivity index (χ2v) is 6.28. The highest BCUT2D eigenvalue weighted by Gasteiger charge is 2.36. The van der Waals surface area contributed by atoms with Crippen LogP contribution >= 0.6 is 0 Å². The van der Waals surface area contributed by atoms with Gasteiger partial charge in [-0.2, -0.15) is 0 Å². The molecule has 1 aliphatic rings. The van der Waals surface area contributed by atoms with Gasteiger partial charge in [-0.15, -0.1) is 0 Å². The second-order valence-electron chi connectivity index (χ2n) is 4.05. The minimum Gasteiger partial charge on any atom is -0.479 e. The van der Waals surface area contributed by atoms with Gasteiger partial charge in [-0.05, 0) is 30.5 Å². The number of aliphatic carboxylic acids is 1. The van der Waals surface area contributed by atoms with Crippen LogP contribution in [-0.2, 0) is 14.6 Å². The van der Waals surface area contributed by atoms with Crippen molar-refractivity contribution in [3.8, 4) is 0 Å². The highest BCUT2D eigenvalue weighted by atomic mass is 32.2. The Morgan fingerprint density at radius 2 is 1.76 bits per heavy atom. The number of aliphatic hydroxyl groups is 1. The summed E-state index contributed by atoms with van der Waals surface area (Å²) < 4.78 is 23.7. The lowest BCUT2D eigenvalue weighted by molar-refractivity contribution is -0.146. The van der Waals surface area contributed by atoms with Gasteiger partial charge < -0.3 is 10.2 Å². The molecule has 5 nitrogen and oxygen atoms in total. The monoisotopic (exact) mass is 256 g/mol. The van der Waals surface area contributed by atoms with Crippen molar-refractivity contribution in [3.05, 3.63) is 29.8 Å². The Hall–Kier alpha value is -1.40. The molecule has 1 saturated carbocycles. The molecule has 0 aliphatic heterocycles. The van der Waals surface area contributed by atoms with Gasteiger partial charge in [0.2, 0.25) is 0 Å². The van der Waals surface area contributed by atoms with E-state index in [1.165, 1.54) is 24.3 Å². The van der Waals surface area contributed by atoms with E-state index in [1.807, 2.05) is 0 Å². The molecule has 1 aromatic carbocycles. The Kier molecular flexibility index (Phi) is 2.92. The van der Waals surface area contributed by atoms with Crippen molar-refractivity contribution in [2.45, 2.75) is 29.1 Å². The number of hydrogen-bond acceptors (Lipinski definition) is 4. The summed E-state index contributed by atoms with van der Waals surface area (Å²) in [5.41, 5.74) is 0.173. The lowest BCUT2D eigenvalue weighted by Crippen LogP contribution is -2.11. The van der Waals surface area contributed by atoms with E-state index in [0.717, 1.165) is 0 Å². The Morgan fingerprint density at radius 1 is 1.24 bits per heavy atom. The molecule has 0 radical (unpaired) electrons. The highest BCUT2D eigenvalue weighted by Crippen LogP contribution is 2.33. The lowest BCUT2D eigenvalue weighted by atomic mass is 10.1. The largest absolute Gasteiger partial charge is 0.479 e. The van der Waals surface area contributed by atoms with Crippen LogP contribution in [0, 0.1) is 0 Å². The molecule has 2 N–H and O–H groups in total. The van der Waals surface area contributed by atoms with Gasteiger partial charge in [-0.3, -0.25) is 0 Å². The molecule has 17 heavy (non-hydrogen) atoms. The summed E-state index contributed by atoms with van der Waals surface area (Å²) in [6.07, 6.45) is -0.253. The third-order valence-corrected chi connectivity index (χ3v) is 5.00. The molecule has 92 valence electrons. The first-order valence-electron chi connectivity index (χ1n) is 5.17. The van der Waals surface area contributed by atoms with Gasteiger partial charge in [-0.25, -0.2) is 13.2 Å². The van der Waals surface area contributed by atoms with E-state index < -0.39 is 21.9 Å². The SMILES string of the molecule is O=C(O)C(O)c1ccc(S(=O)(=O)C2CC2)cc1. The fourth-order valence-corrected chi connectivity index (χ4v) is 3.21. The van der Waals surface area contributed by atoms with Crippen LogP contribution < -0.4 is 0 Å². The number of carbonyl (C=O) groups is 1. The van der Waals surface area contributed by atoms with E-state index in [-0.39, 0.29) is 15.7 Å². The maximum atomic E-state index is 11.8. The average Bonchev–Trinajstić information content (AvgIpc) is 3.12. The quantitative estimate of drug-likeness (QED) is 0.829. The number of sulfone groups is 1. The zero-order valence-electron chi connectivity index (χ0n) is 8.91. The average molecular weight is 256 g/mol. The van der Waals surface area contributed by atoms with Crippen LogP contribution in [0.3, 0.4) is 0 Å². The molecule has 0 aromatic heterocycles. The number of aliphatic hydroxyl groups excluding tert-OH is 1. The molecule has 0 bridgehead atoms. The van der Waals surface area contributed by atoms with Crippen molar-refractivity contribution in [3.63, 3.8) is 0 Å². The van der Waals surface area contributed by atoms with Crippen LogP contribution in [0.15, 0.2) is 29.2 Å². The number of carboxylic acid groups (broad SMARTS) is 1. The van der Waals surface area contributed by atoms with Crippen LogP contribution in [0.4, 0.5) is 0 Å². The van der Waals surface area contributed by atoms with E-state index >= 15 is 0 Å². The lowest BCUT2D eigenvalue weighted by Gasteiger charge is -2.07. The molecule has 1 unspecified atom stereocenters. The first-order chi connectivity index (χ1) is 7.93. The van der Waals surface area contributed by atoms with E-state index in [0.29, 0.717) is 12.8 Å². The molecule has 1 aromatic rings. The van der Waals surface area contributed by atoms with Gasteiger partial charge in [-0.1, -0.05) is 12.1 Å². The number of rotatable bonds is 4. The third-order valence-electron chi connectivity index (χ3n) is 2.72. The van der Waals surface area contributed by atoms with Crippen molar-refractivity contribution < 1.29 is 23.4 Å². The van der Waals surface area contributed by atoms with Crippen LogP contribution in [0.1, 0.15) is 24.5 Å². The Balaban J connectivity index is 2.27. The zero-order valence-corrected chi connectivity index (χ0v) is 9.72. The molecule has 0 amide bonds. The minimum absolute atomic E-state index is 0.173. The summed E-state index contributed by atoms with van der Waals surface area (Å²) in [6, 6.07) is 5.34. The van der Waals surface area contributed by atoms with Crippen LogP contribution in [-0.4, -0.2) is 29.9 Å². The van der Waals surface area contributed by atoms with Gasteiger partial charge in [0.15, 0.2) is 15.9 Å².